The molecule has 0 saturated carbocycles. The van der Waals surface area contributed by atoms with Crippen molar-refractivity contribution >= 4 is 34.7 Å². The highest BCUT2D eigenvalue weighted by atomic mass is 32.2. The predicted octanol–water partition coefficient (Wildman–Crippen LogP) is 4.07. The lowest BCUT2D eigenvalue weighted by atomic mass is 10.2. The van der Waals surface area contributed by atoms with Crippen LogP contribution < -0.4 is 5.32 Å². The van der Waals surface area contributed by atoms with Gasteiger partial charge in [0.25, 0.3) is 0 Å². The van der Waals surface area contributed by atoms with E-state index in [-0.39, 0.29) is 5.91 Å². The fourth-order valence-corrected chi connectivity index (χ4v) is 3.75. The Balaban J connectivity index is 1.64. The Bertz CT molecular complexity index is 810. The summed E-state index contributed by atoms with van der Waals surface area (Å²) in [6.07, 6.45) is 0. The minimum atomic E-state index is -0.0489. The first-order valence-corrected chi connectivity index (χ1v) is 9.50. The van der Waals surface area contributed by atoms with Gasteiger partial charge in [0.1, 0.15) is 0 Å². The quantitative estimate of drug-likeness (QED) is 0.675. The molecule has 0 aliphatic heterocycles. The second kappa shape index (κ2) is 7.63. The van der Waals surface area contributed by atoms with Gasteiger partial charge in [-0.3, -0.25) is 4.79 Å². The molecule has 0 atom stereocenters. The van der Waals surface area contributed by atoms with E-state index in [0.717, 1.165) is 28.1 Å². The Kier molecular flexibility index (Phi) is 5.32. The number of carbonyl (C=O) groups excluding carboxylic acids is 1. The second-order valence-corrected chi connectivity index (χ2v) is 7.12. The number of nitrogens with one attached hydrogen (secondary N) is 1. The van der Waals surface area contributed by atoms with Gasteiger partial charge in [0.2, 0.25) is 5.91 Å². The normalized spacial score (nSPS) is 10.8. The Hall–Kier alpha value is -2.12. The van der Waals surface area contributed by atoms with Gasteiger partial charge in [0.05, 0.1) is 10.6 Å². The molecule has 0 fully saturated rings. The fourth-order valence-electron chi connectivity index (χ4n) is 2.23. The topological polar surface area (TPSA) is 59.8 Å². The zero-order valence-electron chi connectivity index (χ0n) is 13.5. The lowest BCUT2D eigenvalue weighted by Gasteiger charge is -2.07. The number of aromatic nitrogens is 3. The first-order chi connectivity index (χ1) is 11.7. The van der Waals surface area contributed by atoms with E-state index in [2.05, 4.69) is 22.4 Å². The van der Waals surface area contributed by atoms with E-state index in [1.54, 1.807) is 11.3 Å². The van der Waals surface area contributed by atoms with Crippen molar-refractivity contribution in [2.45, 2.75) is 25.5 Å². The van der Waals surface area contributed by atoms with Gasteiger partial charge in [-0.05, 0) is 37.4 Å². The molecule has 0 spiro atoms. The van der Waals surface area contributed by atoms with E-state index >= 15 is 0 Å². The smallest absolute Gasteiger partial charge is 0.234 e. The van der Waals surface area contributed by atoms with Crippen molar-refractivity contribution in [2.24, 2.45) is 0 Å². The van der Waals surface area contributed by atoms with Crippen molar-refractivity contribution in [3.63, 3.8) is 0 Å². The molecule has 7 heteroatoms. The average Bonchev–Trinajstić information content (AvgIpc) is 3.23. The number of aryl methyl sites for hydroxylation is 1. The molecular weight excluding hydrogens is 340 g/mol. The molecule has 3 aromatic rings. The van der Waals surface area contributed by atoms with E-state index in [1.807, 2.05) is 53.3 Å². The van der Waals surface area contributed by atoms with E-state index in [9.17, 15) is 4.79 Å². The van der Waals surface area contributed by atoms with Crippen LogP contribution in [0, 0.1) is 6.92 Å². The van der Waals surface area contributed by atoms with E-state index < -0.39 is 0 Å². The predicted molar refractivity (Wildman–Crippen MR) is 99.5 cm³/mol. The van der Waals surface area contributed by atoms with Crippen LogP contribution in [0.5, 0.6) is 0 Å². The SMILES string of the molecule is CCn1c(SCC(=O)Nc2ccc(C)cc2)nnc1-c1cccs1. The number of rotatable bonds is 6. The minimum absolute atomic E-state index is 0.0489. The number of nitrogens with zero attached hydrogens (tertiary/aromatic N) is 3. The third-order valence-corrected chi connectivity index (χ3v) is 5.27. The first kappa shape index (κ1) is 16.7. The van der Waals surface area contributed by atoms with Crippen molar-refractivity contribution in [1.29, 1.82) is 0 Å². The van der Waals surface area contributed by atoms with Crippen molar-refractivity contribution in [2.75, 3.05) is 11.1 Å². The molecule has 0 aliphatic carbocycles. The van der Waals surface area contributed by atoms with Crippen LogP contribution in [0.3, 0.4) is 0 Å². The van der Waals surface area contributed by atoms with Crippen molar-refractivity contribution in [3.05, 3.63) is 47.3 Å². The summed E-state index contributed by atoms with van der Waals surface area (Å²) < 4.78 is 2.04. The zero-order chi connectivity index (χ0) is 16.9. The number of carbonyl (C=O) groups is 1. The Morgan fingerprint density at radius 2 is 2.04 bits per heavy atom. The molecule has 124 valence electrons. The van der Waals surface area contributed by atoms with Crippen molar-refractivity contribution < 1.29 is 4.79 Å². The maximum absolute atomic E-state index is 12.1. The summed E-state index contributed by atoms with van der Waals surface area (Å²) in [6.45, 7) is 4.84. The number of amides is 1. The molecule has 1 amide bonds. The summed E-state index contributed by atoms with van der Waals surface area (Å²) in [5, 5.41) is 14.2. The average molecular weight is 358 g/mol. The van der Waals surface area contributed by atoms with E-state index in [1.165, 1.54) is 17.3 Å². The van der Waals surface area contributed by atoms with Crippen LogP contribution in [0.1, 0.15) is 12.5 Å². The Morgan fingerprint density at radius 3 is 2.71 bits per heavy atom. The van der Waals surface area contributed by atoms with E-state index in [0.29, 0.717) is 5.75 Å². The lowest BCUT2D eigenvalue weighted by molar-refractivity contribution is -0.113. The van der Waals surface area contributed by atoms with Gasteiger partial charge in [-0.25, -0.2) is 0 Å². The van der Waals surface area contributed by atoms with Gasteiger partial charge in [-0.15, -0.1) is 21.5 Å². The number of thioether (sulfide) groups is 1. The second-order valence-electron chi connectivity index (χ2n) is 5.23. The van der Waals surface area contributed by atoms with Gasteiger partial charge in [-0.2, -0.15) is 0 Å². The standard InChI is InChI=1S/C17H18N4OS2/c1-3-21-16(14-5-4-10-23-14)19-20-17(21)24-11-15(22)18-13-8-6-12(2)7-9-13/h4-10H,3,11H2,1-2H3,(H,18,22). The fraction of sp³-hybridized carbons (Fsp3) is 0.235. The molecule has 0 aliphatic rings. The monoisotopic (exact) mass is 358 g/mol. The van der Waals surface area contributed by atoms with Gasteiger partial charge in [0.15, 0.2) is 11.0 Å². The molecule has 0 unspecified atom stereocenters. The number of benzene rings is 1. The summed E-state index contributed by atoms with van der Waals surface area (Å²) in [6, 6.07) is 11.8. The van der Waals surface area contributed by atoms with Gasteiger partial charge in [0, 0.05) is 12.2 Å². The third-order valence-electron chi connectivity index (χ3n) is 3.44. The molecule has 2 heterocycles. The minimum Gasteiger partial charge on any atom is -0.325 e. The van der Waals surface area contributed by atoms with E-state index in [4.69, 9.17) is 0 Å². The van der Waals surface area contributed by atoms with Crippen LogP contribution in [0.2, 0.25) is 0 Å². The van der Waals surface area contributed by atoms with Crippen LogP contribution in [0.4, 0.5) is 5.69 Å². The molecule has 2 aromatic heterocycles. The van der Waals surface area contributed by atoms with Crippen molar-refractivity contribution in [3.8, 4) is 10.7 Å². The lowest BCUT2D eigenvalue weighted by Crippen LogP contribution is -2.14. The molecule has 0 radical (unpaired) electrons. The number of hydrogen-bond donors (Lipinski definition) is 1. The maximum atomic E-state index is 12.1. The van der Waals surface area contributed by atoms with Crippen LogP contribution in [0.15, 0.2) is 46.9 Å². The first-order valence-electron chi connectivity index (χ1n) is 7.63. The van der Waals surface area contributed by atoms with Crippen LogP contribution >= 0.6 is 23.1 Å². The molecule has 0 saturated heterocycles. The number of hydrogen-bond acceptors (Lipinski definition) is 5. The van der Waals surface area contributed by atoms with Crippen molar-refractivity contribution in [1.82, 2.24) is 14.8 Å². The zero-order valence-corrected chi connectivity index (χ0v) is 15.2. The molecule has 3 rings (SSSR count). The third kappa shape index (κ3) is 3.85. The summed E-state index contributed by atoms with van der Waals surface area (Å²) in [4.78, 5) is 13.2. The highest BCUT2D eigenvalue weighted by Gasteiger charge is 2.15. The summed E-state index contributed by atoms with van der Waals surface area (Å²) in [7, 11) is 0. The molecular formula is C17H18N4OS2. The molecule has 5 nitrogen and oxygen atoms in total. The van der Waals surface area contributed by atoms with Gasteiger partial charge < -0.3 is 9.88 Å². The number of anilines is 1. The Morgan fingerprint density at radius 1 is 1.25 bits per heavy atom. The molecule has 0 bridgehead atoms. The summed E-state index contributed by atoms with van der Waals surface area (Å²) in [5.41, 5.74) is 1.97. The number of thiophene rings is 1. The van der Waals surface area contributed by atoms with Crippen LogP contribution in [0.25, 0.3) is 10.7 Å². The summed E-state index contributed by atoms with van der Waals surface area (Å²) >= 11 is 3.04. The highest BCUT2D eigenvalue weighted by molar-refractivity contribution is 7.99. The maximum Gasteiger partial charge on any atom is 0.234 e. The van der Waals surface area contributed by atoms with Gasteiger partial charge >= 0.3 is 0 Å². The molecule has 1 aromatic carbocycles. The van der Waals surface area contributed by atoms with Gasteiger partial charge in [-0.1, -0.05) is 35.5 Å². The highest BCUT2D eigenvalue weighted by Crippen LogP contribution is 2.27. The largest absolute Gasteiger partial charge is 0.325 e. The molecule has 24 heavy (non-hydrogen) atoms. The Labute approximate surface area is 149 Å². The van der Waals surface area contributed by atoms with Crippen LogP contribution in [-0.2, 0) is 11.3 Å². The summed E-state index contributed by atoms with van der Waals surface area (Å²) in [5.74, 6) is 1.11. The molecule has 1 N–H and O–H groups in total. The van der Waals surface area contributed by atoms with Crippen LogP contribution in [-0.4, -0.2) is 26.4 Å².